The van der Waals surface area contributed by atoms with E-state index in [0.717, 1.165) is 28.4 Å². The third-order valence-corrected chi connectivity index (χ3v) is 7.19. The number of rotatable bonds is 1. The number of hydrogen-bond acceptors (Lipinski definition) is 5. The van der Waals surface area contributed by atoms with E-state index in [-0.39, 0.29) is 5.41 Å². The van der Waals surface area contributed by atoms with Crippen LogP contribution in [-0.2, 0) is 5.41 Å². The molecule has 0 radical (unpaired) electrons. The quantitative estimate of drug-likeness (QED) is 0.327. The van der Waals surface area contributed by atoms with Crippen LogP contribution in [0.25, 0.3) is 22.3 Å². The summed E-state index contributed by atoms with van der Waals surface area (Å²) in [5, 5.41) is 17.7. The van der Waals surface area contributed by atoms with Crippen LogP contribution < -0.4 is 4.90 Å². The molecule has 7 rings (SSSR count). The second-order valence-electron chi connectivity index (χ2n) is 9.45. The topological polar surface area (TPSA) is 63.6 Å². The molecule has 0 bridgehead atoms. The number of nitrogens with zero attached hydrogens (tertiary/aromatic N) is 7. The van der Waals surface area contributed by atoms with E-state index in [1.54, 1.807) is 0 Å². The highest BCUT2D eigenvalue weighted by Gasteiger charge is 2.37. The summed E-state index contributed by atoms with van der Waals surface area (Å²) >= 11 is 0. The summed E-state index contributed by atoms with van der Waals surface area (Å²) in [6, 6.07) is 23.8. The van der Waals surface area contributed by atoms with Crippen LogP contribution in [0.1, 0.15) is 36.6 Å². The Hall–Kier alpha value is -4.26. The smallest absolute Gasteiger partial charge is 0.207 e. The Morgan fingerprint density at radius 1 is 0.588 bits per heavy atom. The first-order valence-electron chi connectivity index (χ1n) is 11.5. The molecule has 0 N–H and O–H groups in total. The Morgan fingerprint density at radius 3 is 1.76 bits per heavy atom. The van der Waals surface area contributed by atoms with Crippen molar-refractivity contribution in [3.8, 4) is 0 Å². The largest absolute Gasteiger partial charge is 0.308 e. The number of para-hydroxylation sites is 3. The van der Waals surface area contributed by atoms with E-state index in [1.807, 2.05) is 13.8 Å². The van der Waals surface area contributed by atoms with Gasteiger partial charge in [-0.3, -0.25) is 8.80 Å². The molecule has 166 valence electrons. The van der Waals surface area contributed by atoms with Crippen LogP contribution in [-0.4, -0.2) is 29.2 Å². The van der Waals surface area contributed by atoms with Crippen LogP contribution in [0.4, 0.5) is 17.1 Å². The first-order valence-corrected chi connectivity index (χ1v) is 11.5. The third-order valence-electron chi connectivity index (χ3n) is 7.19. The SMILES string of the molecule is Cc1nnc2c3nnc(C)n3c3c(N4c5ccccc5C(C)(C)c5ccccc54)cccc3n12. The van der Waals surface area contributed by atoms with E-state index in [9.17, 15) is 0 Å². The summed E-state index contributed by atoms with van der Waals surface area (Å²) in [7, 11) is 0. The second-order valence-corrected chi connectivity index (χ2v) is 9.45. The Morgan fingerprint density at radius 2 is 1.12 bits per heavy atom. The van der Waals surface area contributed by atoms with Crippen molar-refractivity contribution < 1.29 is 0 Å². The molecule has 0 aliphatic carbocycles. The molecule has 0 unspecified atom stereocenters. The molecule has 3 aromatic carbocycles. The van der Waals surface area contributed by atoms with Crippen molar-refractivity contribution in [1.82, 2.24) is 29.2 Å². The molecule has 4 heterocycles. The zero-order valence-corrected chi connectivity index (χ0v) is 19.5. The molecule has 0 atom stereocenters. The number of fused-ring (bicyclic) bond motifs is 8. The van der Waals surface area contributed by atoms with Gasteiger partial charge in [-0.1, -0.05) is 56.3 Å². The van der Waals surface area contributed by atoms with Gasteiger partial charge in [-0.2, -0.15) is 0 Å². The van der Waals surface area contributed by atoms with E-state index in [4.69, 9.17) is 0 Å². The summed E-state index contributed by atoms with van der Waals surface area (Å²) in [6.45, 7) is 8.56. The summed E-state index contributed by atoms with van der Waals surface area (Å²) in [5.41, 5.74) is 9.36. The van der Waals surface area contributed by atoms with Crippen molar-refractivity contribution >= 4 is 39.4 Å². The van der Waals surface area contributed by atoms with Crippen molar-refractivity contribution in [2.45, 2.75) is 33.1 Å². The van der Waals surface area contributed by atoms with Gasteiger partial charge in [0.05, 0.1) is 28.1 Å². The first kappa shape index (κ1) is 19.2. The Kier molecular flexibility index (Phi) is 3.63. The number of hydrogen-bond donors (Lipinski definition) is 0. The lowest BCUT2D eigenvalue weighted by Gasteiger charge is -2.42. The normalized spacial score (nSPS) is 14.6. The Bertz CT molecular complexity index is 1720. The first-order chi connectivity index (χ1) is 16.5. The highest BCUT2D eigenvalue weighted by atomic mass is 15.3. The highest BCUT2D eigenvalue weighted by molar-refractivity contribution is 6.00. The lowest BCUT2D eigenvalue weighted by atomic mass is 9.73. The van der Waals surface area contributed by atoms with Gasteiger partial charge in [0.2, 0.25) is 11.3 Å². The summed E-state index contributed by atoms with van der Waals surface area (Å²) < 4.78 is 4.19. The predicted molar refractivity (Wildman–Crippen MR) is 133 cm³/mol. The van der Waals surface area contributed by atoms with Gasteiger partial charge < -0.3 is 4.90 Å². The molecule has 0 fully saturated rings. The molecule has 3 aromatic heterocycles. The molecule has 0 saturated carbocycles. The van der Waals surface area contributed by atoms with Gasteiger partial charge in [0.25, 0.3) is 0 Å². The molecular formula is C27H23N7. The Balaban J connectivity index is 1.69. The maximum Gasteiger partial charge on any atom is 0.207 e. The summed E-state index contributed by atoms with van der Waals surface area (Å²) in [6.07, 6.45) is 0. The summed E-state index contributed by atoms with van der Waals surface area (Å²) in [4.78, 5) is 2.38. The van der Waals surface area contributed by atoms with Gasteiger partial charge >= 0.3 is 0 Å². The van der Waals surface area contributed by atoms with E-state index in [0.29, 0.717) is 11.3 Å². The maximum absolute atomic E-state index is 4.48. The van der Waals surface area contributed by atoms with Gasteiger partial charge in [0.15, 0.2) is 0 Å². The van der Waals surface area contributed by atoms with Gasteiger partial charge in [-0.05, 0) is 49.2 Å². The molecule has 1 aliphatic heterocycles. The van der Waals surface area contributed by atoms with Crippen LogP contribution in [0.5, 0.6) is 0 Å². The molecule has 7 nitrogen and oxygen atoms in total. The van der Waals surface area contributed by atoms with E-state index in [1.165, 1.54) is 22.5 Å². The minimum Gasteiger partial charge on any atom is -0.308 e. The van der Waals surface area contributed by atoms with Gasteiger partial charge in [0.1, 0.15) is 11.6 Å². The van der Waals surface area contributed by atoms with Crippen molar-refractivity contribution in [3.05, 3.63) is 89.5 Å². The van der Waals surface area contributed by atoms with Crippen molar-refractivity contribution in [3.63, 3.8) is 0 Å². The lowest BCUT2D eigenvalue weighted by Crippen LogP contribution is -2.30. The molecule has 0 spiro atoms. The van der Waals surface area contributed by atoms with Crippen LogP contribution in [0, 0.1) is 13.8 Å². The zero-order valence-electron chi connectivity index (χ0n) is 19.5. The Labute approximate surface area is 196 Å². The number of aromatic nitrogens is 6. The fraction of sp³-hybridized carbons (Fsp3) is 0.185. The molecular weight excluding hydrogens is 422 g/mol. The third kappa shape index (κ3) is 2.26. The van der Waals surface area contributed by atoms with Gasteiger partial charge in [-0.25, -0.2) is 0 Å². The molecule has 34 heavy (non-hydrogen) atoms. The number of aryl methyl sites for hydroxylation is 2. The fourth-order valence-electron chi connectivity index (χ4n) is 5.61. The van der Waals surface area contributed by atoms with Crippen LogP contribution in [0.15, 0.2) is 66.7 Å². The van der Waals surface area contributed by atoms with E-state index >= 15 is 0 Å². The standard InChI is InChI=1S/C27H23N7/c1-16-28-30-25-26-31-29-17(2)33(26)24-22(32(16)25)14-9-15-23(24)34-20-12-7-5-10-18(20)27(3,4)19-11-6-8-13-21(19)34/h5-15H,1-4H3. The number of benzene rings is 3. The predicted octanol–water partition coefficient (Wildman–Crippen LogP) is 5.65. The zero-order chi connectivity index (χ0) is 23.2. The monoisotopic (exact) mass is 445 g/mol. The van der Waals surface area contributed by atoms with Gasteiger partial charge in [0, 0.05) is 5.41 Å². The fourth-order valence-corrected chi connectivity index (χ4v) is 5.61. The molecule has 7 heteroatoms. The lowest BCUT2D eigenvalue weighted by molar-refractivity contribution is 0.632. The van der Waals surface area contributed by atoms with E-state index in [2.05, 4.69) is 115 Å². The molecule has 6 aromatic rings. The average molecular weight is 446 g/mol. The van der Waals surface area contributed by atoms with E-state index < -0.39 is 0 Å². The van der Waals surface area contributed by atoms with Crippen LogP contribution in [0.2, 0.25) is 0 Å². The molecule has 0 amide bonds. The van der Waals surface area contributed by atoms with Crippen molar-refractivity contribution in [2.75, 3.05) is 4.90 Å². The van der Waals surface area contributed by atoms with Crippen LogP contribution in [0.3, 0.4) is 0 Å². The highest BCUT2D eigenvalue weighted by Crippen LogP contribution is 2.52. The molecule has 1 aliphatic rings. The van der Waals surface area contributed by atoms with Crippen molar-refractivity contribution in [1.29, 1.82) is 0 Å². The average Bonchev–Trinajstić information content (AvgIpc) is 3.43. The number of anilines is 3. The molecule has 0 saturated heterocycles. The second kappa shape index (κ2) is 6.41. The van der Waals surface area contributed by atoms with Gasteiger partial charge in [-0.15, -0.1) is 20.4 Å². The van der Waals surface area contributed by atoms with Crippen LogP contribution >= 0.6 is 0 Å². The minimum absolute atomic E-state index is 0.117. The maximum atomic E-state index is 4.48. The minimum atomic E-state index is -0.117. The van der Waals surface area contributed by atoms with Crippen molar-refractivity contribution in [2.24, 2.45) is 0 Å². The summed E-state index contributed by atoms with van der Waals surface area (Å²) in [5.74, 6) is 1.63.